The molecule has 2 aromatic heterocycles. The van der Waals surface area contributed by atoms with Gasteiger partial charge >= 0.3 is 18.2 Å². The number of piperidine rings is 1. The van der Waals surface area contributed by atoms with Gasteiger partial charge in [0.2, 0.25) is 0 Å². The van der Waals surface area contributed by atoms with Gasteiger partial charge < -0.3 is 19.1 Å². The Balaban J connectivity index is 1.29. The summed E-state index contributed by atoms with van der Waals surface area (Å²) in [5, 5.41) is 3.05. The van der Waals surface area contributed by atoms with Crippen molar-refractivity contribution in [2.24, 2.45) is 0 Å². The number of piperazine rings is 1. The smallest absolute Gasteiger partial charge is 0.413 e. The second-order valence-corrected chi connectivity index (χ2v) is 18.5. The number of halogens is 3. The maximum absolute atomic E-state index is 17.3. The minimum absolute atomic E-state index is 0.0144. The van der Waals surface area contributed by atoms with Crippen molar-refractivity contribution in [2.75, 3.05) is 36.4 Å². The molecule has 302 valence electrons. The monoisotopic (exact) mass is 813 g/mol. The molecule has 0 saturated carbocycles. The summed E-state index contributed by atoms with van der Waals surface area (Å²) in [6.45, 7) is 17.4. The van der Waals surface area contributed by atoms with Crippen molar-refractivity contribution < 1.29 is 32.6 Å². The van der Waals surface area contributed by atoms with Crippen molar-refractivity contribution in [3.05, 3.63) is 34.9 Å². The van der Waals surface area contributed by atoms with Crippen molar-refractivity contribution in [2.45, 2.75) is 123 Å². The minimum atomic E-state index is -0.767. The summed E-state index contributed by atoms with van der Waals surface area (Å²) >= 11 is 7.87. The van der Waals surface area contributed by atoms with Crippen LogP contribution in [0.1, 0.15) is 87.5 Å². The number of hydrogen-bond acceptors (Lipinski definition) is 11. The number of aromatic nitrogens is 3. The summed E-state index contributed by atoms with van der Waals surface area (Å²) in [7, 11) is 0. The van der Waals surface area contributed by atoms with Gasteiger partial charge in [-0.05, 0) is 106 Å². The van der Waals surface area contributed by atoms with Crippen LogP contribution in [0.5, 0.6) is 6.01 Å². The van der Waals surface area contributed by atoms with E-state index in [1.165, 1.54) is 18.6 Å². The lowest BCUT2D eigenvalue weighted by Gasteiger charge is -2.42. The third kappa shape index (κ3) is 8.45. The van der Waals surface area contributed by atoms with Gasteiger partial charge in [-0.2, -0.15) is 9.97 Å². The Morgan fingerprint density at radius 3 is 2.34 bits per heavy atom. The zero-order valence-electron chi connectivity index (χ0n) is 33.2. The van der Waals surface area contributed by atoms with Crippen molar-refractivity contribution in [3.63, 3.8) is 0 Å². The Bertz CT molecular complexity index is 2140. The Labute approximate surface area is 334 Å². The molecule has 4 aromatic rings. The highest BCUT2D eigenvalue weighted by Crippen LogP contribution is 2.44. The van der Waals surface area contributed by atoms with E-state index < -0.39 is 28.9 Å². The van der Waals surface area contributed by atoms with Crippen LogP contribution < -0.4 is 15.0 Å². The van der Waals surface area contributed by atoms with Gasteiger partial charge in [0.15, 0.2) is 10.9 Å². The molecule has 2 bridgehead atoms. The third-order valence-corrected chi connectivity index (χ3v) is 11.6. The number of carbonyl (C=O) groups is 2. The van der Waals surface area contributed by atoms with Crippen LogP contribution in [0.2, 0.25) is 5.02 Å². The fourth-order valence-electron chi connectivity index (χ4n) is 7.99. The molecule has 7 rings (SSSR count). The molecule has 1 N–H and O–H groups in total. The van der Waals surface area contributed by atoms with Crippen LogP contribution in [0.3, 0.4) is 0 Å². The number of likely N-dealkylation sites (tertiary alicyclic amines) is 1. The van der Waals surface area contributed by atoms with Gasteiger partial charge in [-0.25, -0.2) is 23.4 Å². The molecule has 2 aromatic carbocycles. The number of carbonyl (C=O) groups excluding carboxylic acids is 2. The molecular formula is C40H50ClF2N7O5S. The molecule has 0 aliphatic carbocycles. The van der Waals surface area contributed by atoms with E-state index in [0.29, 0.717) is 36.9 Å². The molecule has 3 fully saturated rings. The molecule has 3 aliphatic rings. The lowest BCUT2D eigenvalue weighted by molar-refractivity contribution is 0.0122. The van der Waals surface area contributed by atoms with E-state index in [9.17, 15) is 9.59 Å². The van der Waals surface area contributed by atoms with E-state index in [-0.39, 0.29) is 67.3 Å². The van der Waals surface area contributed by atoms with Crippen molar-refractivity contribution in [1.82, 2.24) is 24.8 Å². The number of amides is 2. The number of thiazole rings is 1. The molecule has 0 radical (unpaired) electrons. The van der Waals surface area contributed by atoms with Gasteiger partial charge in [-0.3, -0.25) is 15.1 Å². The van der Waals surface area contributed by atoms with Gasteiger partial charge in [-0.15, -0.1) is 0 Å². The van der Waals surface area contributed by atoms with Crippen LogP contribution in [0.4, 0.5) is 29.3 Å². The Kier molecular flexibility index (Phi) is 11.0. The van der Waals surface area contributed by atoms with Crippen LogP contribution in [-0.2, 0) is 9.47 Å². The largest absolute Gasteiger partial charge is 0.459 e. The summed E-state index contributed by atoms with van der Waals surface area (Å²) < 4.78 is 50.1. The molecule has 3 aliphatic heterocycles. The maximum atomic E-state index is 17.3. The fourth-order valence-corrected chi connectivity index (χ4v) is 9.16. The normalized spacial score (nSPS) is 21.1. The summed E-state index contributed by atoms with van der Waals surface area (Å²) in [5.41, 5.74) is -1.12. The molecular weight excluding hydrogens is 764 g/mol. The Morgan fingerprint density at radius 1 is 0.982 bits per heavy atom. The number of benzene rings is 2. The van der Waals surface area contributed by atoms with Crippen LogP contribution in [0.25, 0.3) is 32.2 Å². The van der Waals surface area contributed by atoms with E-state index in [1.54, 1.807) is 26.8 Å². The topological polar surface area (TPSA) is 122 Å². The number of ether oxygens (including phenoxy) is 3. The van der Waals surface area contributed by atoms with Crippen molar-refractivity contribution in [3.8, 4) is 17.1 Å². The molecule has 0 spiro atoms. The molecule has 5 heterocycles. The number of rotatable bonds is 7. The number of hydrogen-bond donors (Lipinski definition) is 1. The second kappa shape index (κ2) is 15.4. The quantitative estimate of drug-likeness (QED) is 0.193. The fraction of sp³-hybridized carbons (Fsp3) is 0.575. The number of nitrogens with zero attached hydrogens (tertiary/aromatic N) is 6. The first-order valence-corrected chi connectivity index (χ1v) is 20.5. The van der Waals surface area contributed by atoms with Gasteiger partial charge in [0.05, 0.1) is 27.3 Å². The number of fused-ring (bicyclic) bond motifs is 4. The van der Waals surface area contributed by atoms with E-state index >= 15 is 8.78 Å². The van der Waals surface area contributed by atoms with E-state index in [4.69, 9.17) is 30.8 Å². The highest BCUT2D eigenvalue weighted by Gasteiger charge is 2.45. The van der Waals surface area contributed by atoms with Crippen molar-refractivity contribution in [1.29, 1.82) is 0 Å². The van der Waals surface area contributed by atoms with Crippen LogP contribution in [0.15, 0.2) is 18.2 Å². The minimum Gasteiger partial charge on any atom is -0.459 e. The highest BCUT2D eigenvalue weighted by atomic mass is 35.5. The van der Waals surface area contributed by atoms with E-state index in [1.807, 2.05) is 32.6 Å². The van der Waals surface area contributed by atoms with Crippen LogP contribution >= 0.6 is 22.9 Å². The van der Waals surface area contributed by atoms with Gasteiger partial charge in [-0.1, -0.05) is 29.4 Å². The molecule has 16 heteroatoms. The second-order valence-electron chi connectivity index (χ2n) is 17.1. The van der Waals surface area contributed by atoms with E-state index in [0.717, 1.165) is 43.6 Å². The zero-order valence-corrected chi connectivity index (χ0v) is 34.7. The molecule has 4 unspecified atom stereocenters. The lowest BCUT2D eigenvalue weighted by Crippen LogP contribution is -2.57. The average molecular weight is 814 g/mol. The Morgan fingerprint density at radius 2 is 1.68 bits per heavy atom. The van der Waals surface area contributed by atoms with Gasteiger partial charge in [0.25, 0.3) is 0 Å². The third-order valence-electron chi connectivity index (χ3n) is 10.3. The lowest BCUT2D eigenvalue weighted by atomic mass is 10.0. The Hall–Kier alpha value is -4.08. The standard InChI is InChI=1S/C40H50ClF2N7O5S/c1-21-11-9-10-16-48(21)18-22(2)53-35-44-31-26(34(46-35)49-19-23-12-13-24(20-49)50(23)38(52)55-40(6,7)8)17-27(41)29(30(31)43)25-14-15-28(42)33-32(25)45-36(56-33)47-37(51)54-39(3,4)5/h14-15,17,21-24H,9-13,16,18-20H2,1-8H3,(H,45,47,51). The maximum Gasteiger partial charge on any atom is 0.413 e. The number of anilines is 2. The number of nitrogens with one attached hydrogen (secondary N) is 1. The summed E-state index contributed by atoms with van der Waals surface area (Å²) in [6, 6.07) is 4.41. The van der Waals surface area contributed by atoms with Gasteiger partial charge in [0.1, 0.15) is 34.5 Å². The molecule has 3 saturated heterocycles. The van der Waals surface area contributed by atoms with E-state index in [2.05, 4.69) is 32.0 Å². The predicted octanol–water partition coefficient (Wildman–Crippen LogP) is 9.41. The first-order valence-electron chi connectivity index (χ1n) is 19.3. The van der Waals surface area contributed by atoms with Crippen molar-refractivity contribution >= 4 is 67.2 Å². The van der Waals surface area contributed by atoms with Gasteiger partial charge in [0, 0.05) is 42.2 Å². The average Bonchev–Trinajstić information content (AvgIpc) is 3.63. The highest BCUT2D eigenvalue weighted by molar-refractivity contribution is 7.22. The first-order chi connectivity index (χ1) is 26.3. The predicted molar refractivity (Wildman–Crippen MR) is 215 cm³/mol. The molecule has 2 amide bonds. The summed E-state index contributed by atoms with van der Waals surface area (Å²) in [4.78, 5) is 46.2. The SMILES string of the molecule is CC(CN1CCCCC1C)Oc1nc(N2CC3CCC(C2)N3C(=O)OC(C)(C)C)c2cc(Cl)c(-c3ccc(F)c4sc(NC(=O)OC(C)(C)C)nc34)c(F)c2n1. The van der Waals surface area contributed by atoms with Crippen LogP contribution in [0, 0.1) is 11.6 Å². The summed E-state index contributed by atoms with van der Waals surface area (Å²) in [6.07, 6.45) is 3.59. The molecule has 4 atom stereocenters. The zero-order chi connectivity index (χ0) is 40.3. The summed E-state index contributed by atoms with van der Waals surface area (Å²) in [5.74, 6) is -0.900. The molecule has 12 nitrogen and oxygen atoms in total. The van der Waals surface area contributed by atoms with Crippen LogP contribution in [-0.4, -0.2) is 98.5 Å². The first kappa shape index (κ1) is 40.1. The molecule has 56 heavy (non-hydrogen) atoms.